The van der Waals surface area contributed by atoms with Gasteiger partial charge in [0.15, 0.2) is 0 Å². The van der Waals surface area contributed by atoms with E-state index in [1.165, 1.54) is 24.3 Å². The fraction of sp³-hybridized carbons (Fsp3) is 0.538. The molecule has 1 fully saturated rings. The van der Waals surface area contributed by atoms with E-state index in [-0.39, 0.29) is 16.0 Å². The van der Waals surface area contributed by atoms with Crippen LogP contribution in [0.1, 0.15) is 19.8 Å². The predicted molar refractivity (Wildman–Crippen MR) is 78.5 cm³/mol. The molecule has 0 amide bonds. The lowest BCUT2D eigenvalue weighted by molar-refractivity contribution is -0.384. The molecule has 116 valence electrons. The minimum absolute atomic E-state index is 0.0421. The normalized spacial score (nSPS) is 22.9. The molecule has 1 aliphatic rings. The van der Waals surface area contributed by atoms with E-state index in [1.54, 1.807) is 0 Å². The van der Waals surface area contributed by atoms with Crippen LogP contribution < -0.4 is 10.0 Å². The average Bonchev–Trinajstić information content (AvgIpc) is 2.46. The Balaban J connectivity index is 2.05. The molecule has 0 radical (unpaired) electrons. The quantitative estimate of drug-likeness (QED) is 0.629. The lowest BCUT2D eigenvalue weighted by Gasteiger charge is -2.34. The molecular weight excluding hydrogens is 294 g/mol. The van der Waals surface area contributed by atoms with Crippen LogP contribution in [0.5, 0.6) is 0 Å². The molecule has 1 aromatic rings. The van der Waals surface area contributed by atoms with Crippen LogP contribution in [0.4, 0.5) is 5.69 Å². The Hall–Kier alpha value is -1.51. The van der Waals surface area contributed by atoms with Crippen LogP contribution in [-0.4, -0.2) is 33.0 Å². The van der Waals surface area contributed by atoms with Crippen molar-refractivity contribution < 1.29 is 13.3 Å². The summed E-state index contributed by atoms with van der Waals surface area (Å²) in [6, 6.07) is 4.89. The maximum Gasteiger partial charge on any atom is 0.269 e. The van der Waals surface area contributed by atoms with Crippen molar-refractivity contribution in [2.75, 3.05) is 19.6 Å². The Kier molecular flexibility index (Phi) is 4.60. The Morgan fingerprint density at radius 3 is 2.57 bits per heavy atom. The number of sulfonamides is 1. The molecule has 1 unspecified atom stereocenters. The average molecular weight is 313 g/mol. The molecule has 8 heteroatoms. The summed E-state index contributed by atoms with van der Waals surface area (Å²) in [4.78, 5) is 10.1. The molecule has 0 spiro atoms. The van der Waals surface area contributed by atoms with Crippen molar-refractivity contribution in [2.24, 2.45) is 5.41 Å². The van der Waals surface area contributed by atoms with E-state index in [1.807, 2.05) is 6.92 Å². The van der Waals surface area contributed by atoms with E-state index in [2.05, 4.69) is 10.0 Å². The van der Waals surface area contributed by atoms with Crippen molar-refractivity contribution >= 4 is 15.7 Å². The van der Waals surface area contributed by atoms with Gasteiger partial charge < -0.3 is 5.32 Å². The highest BCUT2D eigenvalue weighted by atomic mass is 32.2. The molecule has 2 rings (SSSR count). The first-order chi connectivity index (χ1) is 9.82. The summed E-state index contributed by atoms with van der Waals surface area (Å²) < 4.78 is 27.0. The van der Waals surface area contributed by atoms with Crippen molar-refractivity contribution in [3.8, 4) is 0 Å². The number of nitro benzene ring substituents is 1. The zero-order valence-electron chi connectivity index (χ0n) is 11.8. The molecule has 21 heavy (non-hydrogen) atoms. The van der Waals surface area contributed by atoms with Gasteiger partial charge in [0.25, 0.3) is 5.69 Å². The van der Waals surface area contributed by atoms with E-state index in [0.717, 1.165) is 25.9 Å². The summed E-state index contributed by atoms with van der Waals surface area (Å²) in [6.45, 7) is 4.12. The summed E-state index contributed by atoms with van der Waals surface area (Å²) in [5, 5.41) is 13.8. The SMILES string of the molecule is CC1(CNS(=O)(=O)c2ccc([N+](=O)[O-])cc2)CCCNC1. The Morgan fingerprint density at radius 1 is 1.38 bits per heavy atom. The van der Waals surface area contributed by atoms with Gasteiger partial charge in [-0.3, -0.25) is 10.1 Å². The lowest BCUT2D eigenvalue weighted by Crippen LogP contribution is -2.45. The first-order valence-corrected chi connectivity index (χ1v) is 8.26. The molecule has 1 heterocycles. The van der Waals surface area contributed by atoms with Gasteiger partial charge in [-0.05, 0) is 36.9 Å². The first-order valence-electron chi connectivity index (χ1n) is 6.77. The molecule has 1 aromatic carbocycles. The van der Waals surface area contributed by atoms with Gasteiger partial charge in [-0.25, -0.2) is 13.1 Å². The van der Waals surface area contributed by atoms with Crippen LogP contribution in [0, 0.1) is 15.5 Å². The second-order valence-electron chi connectivity index (χ2n) is 5.67. The second kappa shape index (κ2) is 6.08. The van der Waals surface area contributed by atoms with Gasteiger partial charge in [0.1, 0.15) is 0 Å². The van der Waals surface area contributed by atoms with Gasteiger partial charge in [-0.2, -0.15) is 0 Å². The van der Waals surface area contributed by atoms with Gasteiger partial charge in [0, 0.05) is 25.2 Å². The zero-order valence-corrected chi connectivity index (χ0v) is 12.6. The fourth-order valence-electron chi connectivity index (χ4n) is 2.37. The Morgan fingerprint density at radius 2 is 2.05 bits per heavy atom. The topological polar surface area (TPSA) is 101 Å². The number of nitro groups is 1. The molecule has 1 atom stereocenters. The third-order valence-corrected chi connectivity index (χ3v) is 5.15. The molecule has 1 saturated heterocycles. The molecule has 7 nitrogen and oxygen atoms in total. The van der Waals surface area contributed by atoms with Crippen LogP contribution in [0.3, 0.4) is 0 Å². The number of nitrogens with zero attached hydrogens (tertiary/aromatic N) is 1. The van der Waals surface area contributed by atoms with Gasteiger partial charge in [0.2, 0.25) is 10.0 Å². The van der Waals surface area contributed by atoms with E-state index in [4.69, 9.17) is 0 Å². The summed E-state index contributed by atoms with van der Waals surface area (Å²) in [5.74, 6) is 0. The Bertz CT molecular complexity index is 607. The van der Waals surface area contributed by atoms with Crippen molar-refractivity contribution in [1.82, 2.24) is 10.0 Å². The van der Waals surface area contributed by atoms with Crippen molar-refractivity contribution in [1.29, 1.82) is 0 Å². The number of hydrogen-bond donors (Lipinski definition) is 2. The third-order valence-electron chi connectivity index (χ3n) is 3.73. The van der Waals surface area contributed by atoms with Crippen LogP contribution >= 0.6 is 0 Å². The van der Waals surface area contributed by atoms with E-state index < -0.39 is 14.9 Å². The first kappa shape index (κ1) is 15.9. The van der Waals surface area contributed by atoms with E-state index in [9.17, 15) is 18.5 Å². The maximum atomic E-state index is 12.2. The Labute approximate surface area is 123 Å². The highest BCUT2D eigenvalue weighted by Gasteiger charge is 2.28. The smallest absolute Gasteiger partial charge is 0.269 e. The minimum Gasteiger partial charge on any atom is -0.316 e. The van der Waals surface area contributed by atoms with Gasteiger partial charge >= 0.3 is 0 Å². The van der Waals surface area contributed by atoms with Crippen molar-refractivity contribution in [3.63, 3.8) is 0 Å². The number of non-ortho nitro benzene ring substituents is 1. The number of hydrogen-bond acceptors (Lipinski definition) is 5. The number of benzene rings is 1. The highest BCUT2D eigenvalue weighted by Crippen LogP contribution is 2.25. The predicted octanol–water partition coefficient (Wildman–Crippen LogP) is 1.26. The van der Waals surface area contributed by atoms with E-state index >= 15 is 0 Å². The number of rotatable bonds is 5. The maximum absolute atomic E-state index is 12.2. The third kappa shape index (κ3) is 3.99. The molecule has 0 bridgehead atoms. The minimum atomic E-state index is -3.64. The largest absolute Gasteiger partial charge is 0.316 e. The van der Waals surface area contributed by atoms with Crippen LogP contribution in [0.2, 0.25) is 0 Å². The van der Waals surface area contributed by atoms with Crippen LogP contribution in [0.15, 0.2) is 29.2 Å². The molecule has 0 aliphatic carbocycles. The van der Waals surface area contributed by atoms with Crippen molar-refractivity contribution in [2.45, 2.75) is 24.7 Å². The van der Waals surface area contributed by atoms with Crippen molar-refractivity contribution in [3.05, 3.63) is 34.4 Å². The van der Waals surface area contributed by atoms with Crippen LogP contribution in [-0.2, 0) is 10.0 Å². The number of nitrogens with one attached hydrogen (secondary N) is 2. The summed E-state index contributed by atoms with van der Waals surface area (Å²) >= 11 is 0. The van der Waals surface area contributed by atoms with E-state index in [0.29, 0.717) is 6.54 Å². The molecule has 2 N–H and O–H groups in total. The highest BCUT2D eigenvalue weighted by molar-refractivity contribution is 7.89. The molecule has 0 aromatic heterocycles. The fourth-order valence-corrected chi connectivity index (χ4v) is 3.57. The van der Waals surface area contributed by atoms with Crippen LogP contribution in [0.25, 0.3) is 0 Å². The molecular formula is C13H19N3O4S. The molecule has 1 aliphatic heterocycles. The molecule has 0 saturated carbocycles. The summed E-state index contributed by atoms with van der Waals surface area (Å²) in [5.41, 5.74) is -0.232. The van der Waals surface area contributed by atoms with Gasteiger partial charge in [0.05, 0.1) is 9.82 Å². The summed E-state index contributed by atoms with van der Waals surface area (Å²) in [7, 11) is -3.64. The van der Waals surface area contributed by atoms with Gasteiger partial charge in [-0.1, -0.05) is 6.92 Å². The summed E-state index contributed by atoms with van der Waals surface area (Å²) in [6.07, 6.45) is 1.98. The monoisotopic (exact) mass is 313 g/mol. The lowest BCUT2D eigenvalue weighted by atomic mass is 9.83. The zero-order chi connectivity index (χ0) is 15.5. The number of piperidine rings is 1. The van der Waals surface area contributed by atoms with Gasteiger partial charge in [-0.15, -0.1) is 0 Å². The second-order valence-corrected chi connectivity index (χ2v) is 7.43. The standard InChI is InChI=1S/C13H19N3O4S/c1-13(7-2-8-14-9-13)10-15-21(19,20)12-5-3-11(4-6-12)16(17)18/h3-6,14-15H,2,7-10H2,1H3.